The summed E-state index contributed by atoms with van der Waals surface area (Å²) < 4.78 is 13.9. The topological polar surface area (TPSA) is 52.6 Å². The van der Waals surface area contributed by atoms with E-state index in [1.54, 1.807) is 13.8 Å². The van der Waals surface area contributed by atoms with Crippen molar-refractivity contribution in [2.24, 2.45) is 0 Å². The van der Waals surface area contributed by atoms with Crippen molar-refractivity contribution in [2.75, 3.05) is 0 Å². The van der Waals surface area contributed by atoms with Crippen molar-refractivity contribution in [3.05, 3.63) is 100 Å². The molecular formula is C27H26O4Ti. The molecule has 0 amide bonds. The van der Waals surface area contributed by atoms with Crippen LogP contribution in [-0.2, 0) is 38.3 Å². The molecule has 0 aliphatic heterocycles. The van der Waals surface area contributed by atoms with Crippen molar-refractivity contribution in [2.45, 2.75) is 26.7 Å². The average molecular weight is 462 g/mol. The zero-order valence-corrected chi connectivity index (χ0v) is 20.0. The second kappa shape index (κ2) is 7.81. The van der Waals surface area contributed by atoms with Crippen molar-refractivity contribution >= 4 is 20.6 Å². The molecule has 0 aromatic heterocycles. The van der Waals surface area contributed by atoms with E-state index in [1.165, 1.54) is 5.56 Å². The summed E-state index contributed by atoms with van der Waals surface area (Å²) in [6.07, 6.45) is 6.83. The van der Waals surface area contributed by atoms with Gasteiger partial charge in [0, 0.05) is 0 Å². The second-order valence-corrected chi connectivity index (χ2v) is 15.0. The number of hydrogen-bond acceptors (Lipinski definition) is 4. The molecule has 2 aliphatic carbocycles. The van der Waals surface area contributed by atoms with Crippen molar-refractivity contribution in [3.8, 4) is 11.1 Å². The van der Waals surface area contributed by atoms with E-state index < -0.39 is 27.6 Å². The molecule has 32 heavy (non-hydrogen) atoms. The minimum atomic E-state index is -5.42. The third-order valence-corrected chi connectivity index (χ3v) is 13.1. The summed E-state index contributed by atoms with van der Waals surface area (Å²) in [5.41, 5.74) is 4.77. The van der Waals surface area contributed by atoms with Gasteiger partial charge in [-0.2, -0.15) is 0 Å². The zero-order chi connectivity index (χ0) is 23.1. The molecule has 0 saturated heterocycles. The van der Waals surface area contributed by atoms with Gasteiger partial charge in [0.1, 0.15) is 0 Å². The summed E-state index contributed by atoms with van der Waals surface area (Å²) in [5, 5.41) is 0. The summed E-state index contributed by atoms with van der Waals surface area (Å²) in [7, 11) is 0. The Morgan fingerprint density at radius 3 is 2.12 bits per heavy atom. The summed E-state index contributed by atoms with van der Waals surface area (Å²) in [4.78, 5) is 30.5. The van der Waals surface area contributed by atoms with Crippen LogP contribution in [-0.4, -0.2) is 16.8 Å². The van der Waals surface area contributed by atoms with Crippen LogP contribution in [0.3, 0.4) is 0 Å². The van der Waals surface area contributed by atoms with E-state index in [-0.39, 0.29) is 11.1 Å². The molecule has 0 bridgehead atoms. The Morgan fingerprint density at radius 2 is 1.53 bits per heavy atom. The predicted molar refractivity (Wildman–Crippen MR) is 125 cm³/mol. The fraction of sp³-hybridized carbons (Fsp3) is 0.148. The molecule has 5 heteroatoms. The fourth-order valence-electron chi connectivity index (χ4n) is 4.45. The molecule has 162 valence electrons. The quantitative estimate of drug-likeness (QED) is 0.386. The monoisotopic (exact) mass is 462 g/mol. The first-order valence-corrected chi connectivity index (χ1v) is 14.5. The van der Waals surface area contributed by atoms with Crippen LogP contribution in [0.2, 0.25) is 0 Å². The van der Waals surface area contributed by atoms with E-state index >= 15 is 0 Å². The third-order valence-electron chi connectivity index (χ3n) is 6.13. The van der Waals surface area contributed by atoms with Crippen LogP contribution >= 0.6 is 0 Å². The molecule has 0 heterocycles. The van der Waals surface area contributed by atoms with Crippen LogP contribution in [0.4, 0.5) is 0 Å². The molecule has 0 atom stereocenters. The van der Waals surface area contributed by atoms with Crippen molar-refractivity contribution in [1.29, 1.82) is 0 Å². The van der Waals surface area contributed by atoms with Gasteiger partial charge in [0.05, 0.1) is 0 Å². The van der Waals surface area contributed by atoms with Gasteiger partial charge in [-0.15, -0.1) is 0 Å². The van der Waals surface area contributed by atoms with Gasteiger partial charge in [0.25, 0.3) is 0 Å². The van der Waals surface area contributed by atoms with E-state index in [4.69, 9.17) is 6.64 Å². The number of fused-ring (bicyclic) bond motifs is 3. The number of rotatable bonds is 6. The van der Waals surface area contributed by atoms with Crippen LogP contribution in [0.5, 0.6) is 0 Å². The average Bonchev–Trinajstić information content (AvgIpc) is 3.42. The summed E-state index contributed by atoms with van der Waals surface area (Å²) in [6, 6.07) is 14.0. The Hall–Kier alpha value is -3.08. The Kier molecular flexibility index (Phi) is 5.40. The van der Waals surface area contributed by atoms with E-state index in [1.807, 2.05) is 48.6 Å². The van der Waals surface area contributed by atoms with E-state index in [0.717, 1.165) is 20.6 Å². The fourth-order valence-corrected chi connectivity index (χ4v) is 11.1. The molecule has 0 N–H and O–H groups in total. The van der Waals surface area contributed by atoms with Gasteiger partial charge < -0.3 is 0 Å². The number of carbonyl (C=O) groups is 2. The molecule has 0 radical (unpaired) electrons. The molecule has 2 aromatic carbocycles. The van der Waals surface area contributed by atoms with Gasteiger partial charge in [-0.1, -0.05) is 0 Å². The van der Waals surface area contributed by atoms with Crippen molar-refractivity contribution in [3.63, 3.8) is 0 Å². The van der Waals surface area contributed by atoms with Crippen LogP contribution in [0, 0.1) is 0 Å². The van der Waals surface area contributed by atoms with Gasteiger partial charge >= 0.3 is 190 Å². The molecule has 4 rings (SSSR count). The van der Waals surface area contributed by atoms with Crippen molar-refractivity contribution < 1.29 is 31.8 Å². The van der Waals surface area contributed by atoms with E-state index in [0.29, 0.717) is 16.7 Å². The normalized spacial score (nSPS) is 14.3. The van der Waals surface area contributed by atoms with Crippen LogP contribution in [0.25, 0.3) is 11.1 Å². The molecule has 0 spiro atoms. The van der Waals surface area contributed by atoms with Gasteiger partial charge in [-0.05, 0) is 0 Å². The van der Waals surface area contributed by atoms with Gasteiger partial charge in [-0.25, -0.2) is 0 Å². The Morgan fingerprint density at radius 1 is 0.906 bits per heavy atom. The number of carbonyl (C=O) groups excluding carboxylic acids is 2. The Bertz CT molecular complexity index is 1290. The molecule has 2 aromatic rings. The number of benzene rings is 2. The Labute approximate surface area is 189 Å². The molecule has 0 unspecified atom stereocenters. The first-order valence-electron chi connectivity index (χ1n) is 10.5. The maximum absolute atomic E-state index is 13.0. The van der Waals surface area contributed by atoms with E-state index in [9.17, 15) is 9.59 Å². The van der Waals surface area contributed by atoms with Crippen molar-refractivity contribution in [1.82, 2.24) is 0 Å². The minimum absolute atomic E-state index is 0.220. The van der Waals surface area contributed by atoms with Crippen LogP contribution in [0.15, 0.2) is 88.9 Å². The van der Waals surface area contributed by atoms with Crippen LogP contribution < -0.4 is 3.87 Å². The third kappa shape index (κ3) is 3.40. The molecular weight excluding hydrogens is 436 g/mol. The van der Waals surface area contributed by atoms with Gasteiger partial charge in [-0.3, -0.25) is 0 Å². The van der Waals surface area contributed by atoms with E-state index in [2.05, 4.69) is 30.1 Å². The molecule has 0 fully saturated rings. The molecule has 2 aliphatic rings. The van der Waals surface area contributed by atoms with Gasteiger partial charge in [0.2, 0.25) is 0 Å². The molecule has 0 saturated carbocycles. The number of allylic oxidation sites excluding steroid dienone is 4. The SMILES string of the molecule is C=C(C)C(=O)[O][Ti](=[CH2])([O]C(=O)C(=C)C)([C]1=CC=CC1)[c]1cccc2c1Cc1ccccc1-2. The predicted octanol–water partition coefficient (Wildman–Crippen LogP) is 4.92. The maximum atomic E-state index is 13.0. The number of hydrogen-bond donors (Lipinski definition) is 0. The van der Waals surface area contributed by atoms with Crippen LogP contribution in [0.1, 0.15) is 31.4 Å². The Balaban J connectivity index is 2.04. The second-order valence-electron chi connectivity index (χ2n) is 8.59. The first kappa shape index (κ1) is 22.1. The molecule has 4 nitrogen and oxygen atoms in total. The summed E-state index contributed by atoms with van der Waals surface area (Å²) in [6.45, 7) is 10.6. The first-order chi connectivity index (χ1) is 15.1. The standard InChI is InChI=1S/C13H9.C5H5.2C4H6O2.CH2.Ti/c1-3-7-12-10(5-1)9-11-6-2-4-8-13(11)12;1-2-4-5-3-1;2*1-3(2)4(5)6;;/h1-5,7-8H,9H2;1-3H,4H2;2*1H2,2H3,(H,5,6);1H2;/q;;;;;+2/p-2. The van der Waals surface area contributed by atoms with Gasteiger partial charge in [0.15, 0.2) is 0 Å². The summed E-state index contributed by atoms with van der Waals surface area (Å²) >= 11 is -5.42. The zero-order valence-electron chi connectivity index (χ0n) is 18.4. The summed E-state index contributed by atoms with van der Waals surface area (Å²) in [5.74, 6) is -1.24.